The smallest absolute Gasteiger partial charge is 0.252 e. The lowest BCUT2D eigenvalue weighted by Crippen LogP contribution is -2.27. The molecular formula is C23H25N3O2S. The quantitative estimate of drug-likeness (QED) is 0.580. The molecule has 29 heavy (non-hydrogen) atoms. The summed E-state index contributed by atoms with van der Waals surface area (Å²) in [5.41, 5.74) is 4.71. The summed E-state index contributed by atoms with van der Waals surface area (Å²) in [5, 5.41) is 6.97. The highest BCUT2D eigenvalue weighted by molar-refractivity contribution is 7.98. The van der Waals surface area contributed by atoms with Gasteiger partial charge in [0.05, 0.1) is 17.4 Å². The van der Waals surface area contributed by atoms with Gasteiger partial charge < -0.3 is 9.84 Å². The lowest BCUT2D eigenvalue weighted by Gasteiger charge is -2.20. The number of hydrogen-bond acceptors (Lipinski definition) is 5. The van der Waals surface area contributed by atoms with E-state index in [4.69, 9.17) is 4.52 Å². The molecule has 1 aromatic heterocycles. The first-order chi connectivity index (χ1) is 14.1. The molecular weight excluding hydrogens is 382 g/mol. The molecule has 1 heterocycles. The minimum atomic E-state index is -0.0694. The molecule has 150 valence electrons. The number of aromatic nitrogens is 2. The molecule has 1 amide bonds. The third-order valence-corrected chi connectivity index (χ3v) is 6.33. The van der Waals surface area contributed by atoms with Crippen LogP contribution < -0.4 is 5.32 Å². The first-order valence-corrected chi connectivity index (χ1v) is 11.0. The molecule has 0 bridgehead atoms. The summed E-state index contributed by atoms with van der Waals surface area (Å²) < 4.78 is 5.17. The van der Waals surface area contributed by atoms with E-state index in [-0.39, 0.29) is 11.9 Å². The van der Waals surface area contributed by atoms with Crippen LogP contribution in [0, 0.1) is 6.92 Å². The summed E-state index contributed by atoms with van der Waals surface area (Å²) in [6, 6.07) is 14.2. The van der Waals surface area contributed by atoms with Crippen LogP contribution in [0.1, 0.15) is 64.6 Å². The molecule has 1 aliphatic carbocycles. The van der Waals surface area contributed by atoms with Gasteiger partial charge in [-0.1, -0.05) is 35.5 Å². The van der Waals surface area contributed by atoms with Crippen LogP contribution in [0.4, 0.5) is 0 Å². The standard InChI is InChI=1S/C23H25N3O2S/c1-15(18-12-11-17-7-3-4-8-19(17)13-18)24-23(27)20-9-5-6-10-21(20)29-14-22-25-16(2)26-28-22/h5-6,9-13,15H,3-4,7-8,14H2,1-2H3,(H,24,27)/t15-/m1/s1. The van der Waals surface area contributed by atoms with Crippen LogP contribution in [-0.4, -0.2) is 16.0 Å². The third kappa shape index (κ3) is 4.70. The van der Waals surface area contributed by atoms with Crippen LogP contribution in [-0.2, 0) is 18.6 Å². The monoisotopic (exact) mass is 407 g/mol. The Morgan fingerprint density at radius 3 is 2.76 bits per heavy atom. The van der Waals surface area contributed by atoms with E-state index >= 15 is 0 Å². The lowest BCUT2D eigenvalue weighted by molar-refractivity contribution is 0.0937. The second kappa shape index (κ2) is 8.82. The highest BCUT2D eigenvalue weighted by Crippen LogP contribution is 2.28. The molecule has 5 nitrogen and oxygen atoms in total. The number of nitrogens with one attached hydrogen (secondary N) is 1. The van der Waals surface area contributed by atoms with Crippen molar-refractivity contribution in [3.05, 3.63) is 76.4 Å². The zero-order valence-electron chi connectivity index (χ0n) is 16.8. The Morgan fingerprint density at radius 1 is 1.17 bits per heavy atom. The second-order valence-corrected chi connectivity index (χ2v) is 8.47. The topological polar surface area (TPSA) is 68.0 Å². The molecule has 0 saturated heterocycles. The fourth-order valence-corrected chi connectivity index (χ4v) is 4.59. The summed E-state index contributed by atoms with van der Waals surface area (Å²) >= 11 is 1.53. The molecule has 1 N–H and O–H groups in total. The molecule has 0 radical (unpaired) electrons. The van der Waals surface area contributed by atoms with Crippen molar-refractivity contribution in [3.8, 4) is 0 Å². The summed E-state index contributed by atoms with van der Waals surface area (Å²) in [6.07, 6.45) is 4.83. The summed E-state index contributed by atoms with van der Waals surface area (Å²) in [5.74, 6) is 1.64. The van der Waals surface area contributed by atoms with Crippen molar-refractivity contribution in [3.63, 3.8) is 0 Å². The highest BCUT2D eigenvalue weighted by atomic mass is 32.2. The van der Waals surface area contributed by atoms with E-state index in [9.17, 15) is 4.79 Å². The van der Waals surface area contributed by atoms with Crippen molar-refractivity contribution in [1.82, 2.24) is 15.5 Å². The van der Waals surface area contributed by atoms with Gasteiger partial charge in [0.15, 0.2) is 5.82 Å². The van der Waals surface area contributed by atoms with E-state index in [0.717, 1.165) is 16.9 Å². The summed E-state index contributed by atoms with van der Waals surface area (Å²) in [6.45, 7) is 3.83. The maximum absolute atomic E-state index is 13.0. The molecule has 0 spiro atoms. The van der Waals surface area contributed by atoms with Gasteiger partial charge >= 0.3 is 0 Å². The van der Waals surface area contributed by atoms with Gasteiger partial charge in [0.2, 0.25) is 5.89 Å². The first-order valence-electron chi connectivity index (χ1n) is 10.0. The number of nitrogens with zero attached hydrogens (tertiary/aromatic N) is 2. The van der Waals surface area contributed by atoms with Crippen molar-refractivity contribution in [2.75, 3.05) is 0 Å². The molecule has 0 saturated carbocycles. The van der Waals surface area contributed by atoms with Crippen molar-refractivity contribution < 1.29 is 9.32 Å². The van der Waals surface area contributed by atoms with Gasteiger partial charge in [-0.2, -0.15) is 4.98 Å². The van der Waals surface area contributed by atoms with Crippen LogP contribution in [0.3, 0.4) is 0 Å². The Hall–Kier alpha value is -2.60. The number of fused-ring (bicyclic) bond motifs is 1. The molecule has 1 atom stereocenters. The maximum atomic E-state index is 13.0. The SMILES string of the molecule is Cc1noc(CSc2ccccc2C(=O)N[C@H](C)c2ccc3c(c2)CCCC3)n1. The zero-order chi connectivity index (χ0) is 20.2. The fourth-order valence-electron chi connectivity index (χ4n) is 3.70. The normalized spacial score (nSPS) is 14.3. The van der Waals surface area contributed by atoms with Crippen LogP contribution in [0.15, 0.2) is 51.9 Å². The second-order valence-electron chi connectivity index (χ2n) is 7.45. The highest BCUT2D eigenvalue weighted by Gasteiger charge is 2.17. The number of amides is 1. The minimum absolute atomic E-state index is 0.0497. The van der Waals surface area contributed by atoms with Gasteiger partial charge in [0.1, 0.15) is 0 Å². The third-order valence-electron chi connectivity index (χ3n) is 5.27. The van der Waals surface area contributed by atoms with Gasteiger partial charge in [0.25, 0.3) is 5.91 Å². The molecule has 0 fully saturated rings. The Morgan fingerprint density at radius 2 is 1.97 bits per heavy atom. The van der Waals surface area contributed by atoms with Gasteiger partial charge in [-0.25, -0.2) is 0 Å². The maximum Gasteiger partial charge on any atom is 0.252 e. The van der Waals surface area contributed by atoms with Crippen LogP contribution in [0.5, 0.6) is 0 Å². The Labute approximate surface area is 175 Å². The van der Waals surface area contributed by atoms with E-state index in [0.29, 0.717) is 23.0 Å². The van der Waals surface area contributed by atoms with Crippen LogP contribution in [0.25, 0.3) is 0 Å². The van der Waals surface area contributed by atoms with Crippen molar-refractivity contribution in [2.45, 2.75) is 56.2 Å². The fraction of sp³-hybridized carbons (Fsp3) is 0.348. The predicted octanol–water partition coefficient (Wildman–Crippen LogP) is 5.04. The first kappa shape index (κ1) is 19.7. The van der Waals surface area contributed by atoms with E-state index in [1.54, 1.807) is 6.92 Å². The molecule has 0 unspecified atom stereocenters. The molecule has 3 aromatic rings. The predicted molar refractivity (Wildman–Crippen MR) is 114 cm³/mol. The van der Waals surface area contributed by atoms with E-state index in [1.807, 2.05) is 31.2 Å². The van der Waals surface area contributed by atoms with Gasteiger partial charge in [-0.3, -0.25) is 4.79 Å². The average Bonchev–Trinajstić information content (AvgIpc) is 3.17. The molecule has 0 aliphatic heterocycles. The number of benzene rings is 2. The summed E-state index contributed by atoms with van der Waals surface area (Å²) in [7, 11) is 0. The lowest BCUT2D eigenvalue weighted by atomic mass is 9.89. The van der Waals surface area contributed by atoms with E-state index in [2.05, 4.69) is 33.7 Å². The molecule has 4 rings (SSSR count). The van der Waals surface area contributed by atoms with Gasteiger partial charge in [-0.15, -0.1) is 11.8 Å². The van der Waals surface area contributed by atoms with Crippen LogP contribution >= 0.6 is 11.8 Å². The number of thioether (sulfide) groups is 1. The molecule has 2 aromatic carbocycles. The van der Waals surface area contributed by atoms with Crippen molar-refractivity contribution >= 4 is 17.7 Å². The van der Waals surface area contributed by atoms with Crippen molar-refractivity contribution in [2.24, 2.45) is 0 Å². The van der Waals surface area contributed by atoms with Gasteiger partial charge in [-0.05, 0) is 68.4 Å². The van der Waals surface area contributed by atoms with E-state index in [1.165, 1.54) is 42.2 Å². The average molecular weight is 408 g/mol. The molecule has 1 aliphatic rings. The number of carbonyl (C=O) groups is 1. The Balaban J connectivity index is 1.45. The Bertz CT molecular complexity index is 1010. The number of hydrogen-bond donors (Lipinski definition) is 1. The summed E-state index contributed by atoms with van der Waals surface area (Å²) in [4.78, 5) is 18.1. The van der Waals surface area contributed by atoms with E-state index < -0.39 is 0 Å². The number of carbonyl (C=O) groups excluding carboxylic acids is 1. The van der Waals surface area contributed by atoms with Gasteiger partial charge in [0, 0.05) is 4.90 Å². The zero-order valence-corrected chi connectivity index (χ0v) is 17.6. The molecule has 6 heteroatoms. The Kier molecular flexibility index (Phi) is 6.00. The van der Waals surface area contributed by atoms with Crippen molar-refractivity contribution in [1.29, 1.82) is 0 Å². The van der Waals surface area contributed by atoms with Crippen LogP contribution in [0.2, 0.25) is 0 Å². The minimum Gasteiger partial charge on any atom is -0.345 e. The number of rotatable bonds is 6. The number of aryl methyl sites for hydroxylation is 3. The largest absolute Gasteiger partial charge is 0.345 e.